The number of halogens is 1. The first-order chi connectivity index (χ1) is 6.69. The Kier molecular flexibility index (Phi) is 4.63. The van der Waals surface area contributed by atoms with Crippen molar-refractivity contribution in [2.45, 2.75) is 32.7 Å². The molecule has 1 nitrogen and oxygen atoms in total. The molecule has 1 rings (SSSR count). The average Bonchev–Trinajstić information content (AvgIpc) is 2.19. The fourth-order valence-corrected chi connectivity index (χ4v) is 2.20. The van der Waals surface area contributed by atoms with E-state index in [-0.39, 0.29) is 6.04 Å². The van der Waals surface area contributed by atoms with Crippen LogP contribution in [0, 0.1) is 5.92 Å². The molecule has 0 aliphatic rings. The Balaban J connectivity index is 2.82. The van der Waals surface area contributed by atoms with Gasteiger partial charge in [0.15, 0.2) is 0 Å². The molecule has 0 spiro atoms. The largest absolute Gasteiger partial charge is 0.324 e. The first-order valence-electron chi connectivity index (χ1n) is 5.20. The highest BCUT2D eigenvalue weighted by Crippen LogP contribution is 2.26. The summed E-state index contributed by atoms with van der Waals surface area (Å²) in [5, 5.41) is 0. The van der Waals surface area contributed by atoms with Crippen molar-refractivity contribution in [3.8, 4) is 0 Å². The molecule has 1 aromatic carbocycles. The molecule has 0 aromatic heterocycles. The highest BCUT2D eigenvalue weighted by atomic mass is 79.9. The minimum absolute atomic E-state index is 0.169. The standard InChI is InChI=1S/C12H18BrN/c1-3-9(4-2)12(14)10-6-5-7-11(13)8-10/h5-9,12H,3-4,14H2,1-2H3. The molecular weight excluding hydrogens is 238 g/mol. The highest BCUT2D eigenvalue weighted by Gasteiger charge is 2.15. The number of rotatable bonds is 4. The molecule has 2 heteroatoms. The second kappa shape index (κ2) is 5.52. The highest BCUT2D eigenvalue weighted by molar-refractivity contribution is 9.10. The second-order valence-corrected chi connectivity index (χ2v) is 4.57. The molecule has 14 heavy (non-hydrogen) atoms. The summed E-state index contributed by atoms with van der Waals surface area (Å²) < 4.78 is 1.11. The van der Waals surface area contributed by atoms with Gasteiger partial charge in [0.1, 0.15) is 0 Å². The molecular formula is C12H18BrN. The maximum absolute atomic E-state index is 6.21. The summed E-state index contributed by atoms with van der Waals surface area (Å²) in [5.74, 6) is 0.587. The van der Waals surface area contributed by atoms with E-state index in [1.807, 2.05) is 12.1 Å². The van der Waals surface area contributed by atoms with Gasteiger partial charge in [-0.1, -0.05) is 54.8 Å². The van der Waals surface area contributed by atoms with Crippen molar-refractivity contribution in [3.63, 3.8) is 0 Å². The van der Waals surface area contributed by atoms with E-state index >= 15 is 0 Å². The second-order valence-electron chi connectivity index (χ2n) is 3.66. The Hall–Kier alpha value is -0.340. The van der Waals surface area contributed by atoms with Gasteiger partial charge in [-0.3, -0.25) is 0 Å². The normalized spacial score (nSPS) is 13.2. The van der Waals surface area contributed by atoms with Crippen LogP contribution in [0.15, 0.2) is 28.7 Å². The Morgan fingerprint density at radius 1 is 1.29 bits per heavy atom. The number of hydrogen-bond donors (Lipinski definition) is 1. The third-order valence-corrected chi connectivity index (χ3v) is 3.28. The maximum atomic E-state index is 6.21. The van der Waals surface area contributed by atoms with Gasteiger partial charge in [-0.25, -0.2) is 0 Å². The first-order valence-corrected chi connectivity index (χ1v) is 5.99. The number of benzene rings is 1. The molecule has 0 aliphatic heterocycles. The molecule has 1 unspecified atom stereocenters. The van der Waals surface area contributed by atoms with E-state index in [1.165, 1.54) is 5.56 Å². The quantitative estimate of drug-likeness (QED) is 0.869. The van der Waals surface area contributed by atoms with Crippen LogP contribution in [0.2, 0.25) is 0 Å². The zero-order valence-corrected chi connectivity index (χ0v) is 10.4. The van der Waals surface area contributed by atoms with E-state index in [4.69, 9.17) is 5.73 Å². The lowest BCUT2D eigenvalue weighted by atomic mass is 9.90. The van der Waals surface area contributed by atoms with E-state index in [0.29, 0.717) is 5.92 Å². The van der Waals surface area contributed by atoms with Crippen molar-refractivity contribution >= 4 is 15.9 Å². The lowest BCUT2D eigenvalue weighted by Gasteiger charge is -2.21. The average molecular weight is 256 g/mol. The minimum atomic E-state index is 0.169. The van der Waals surface area contributed by atoms with Crippen LogP contribution in [-0.4, -0.2) is 0 Å². The Bertz CT molecular complexity index is 281. The molecule has 0 amide bonds. The van der Waals surface area contributed by atoms with Gasteiger partial charge in [0, 0.05) is 10.5 Å². The summed E-state index contributed by atoms with van der Waals surface area (Å²) in [6, 6.07) is 8.46. The minimum Gasteiger partial charge on any atom is -0.324 e. The Morgan fingerprint density at radius 2 is 1.93 bits per heavy atom. The summed E-state index contributed by atoms with van der Waals surface area (Å²) in [6.07, 6.45) is 2.29. The van der Waals surface area contributed by atoms with Crippen LogP contribution in [0.1, 0.15) is 38.3 Å². The fourth-order valence-electron chi connectivity index (χ4n) is 1.78. The zero-order valence-electron chi connectivity index (χ0n) is 8.83. The predicted molar refractivity (Wildman–Crippen MR) is 65.1 cm³/mol. The Morgan fingerprint density at radius 3 is 2.43 bits per heavy atom. The van der Waals surface area contributed by atoms with Crippen molar-refractivity contribution in [2.75, 3.05) is 0 Å². The fraction of sp³-hybridized carbons (Fsp3) is 0.500. The summed E-state index contributed by atoms with van der Waals surface area (Å²) >= 11 is 3.47. The molecule has 1 atom stereocenters. The summed E-state index contributed by atoms with van der Waals surface area (Å²) in [4.78, 5) is 0. The SMILES string of the molecule is CCC(CC)C(N)c1cccc(Br)c1. The van der Waals surface area contributed by atoms with Crippen molar-refractivity contribution in [2.24, 2.45) is 11.7 Å². The van der Waals surface area contributed by atoms with Crippen LogP contribution in [-0.2, 0) is 0 Å². The monoisotopic (exact) mass is 255 g/mol. The molecule has 0 fully saturated rings. The van der Waals surface area contributed by atoms with Crippen molar-refractivity contribution in [1.29, 1.82) is 0 Å². The van der Waals surface area contributed by atoms with Crippen LogP contribution in [0.4, 0.5) is 0 Å². The van der Waals surface area contributed by atoms with Crippen LogP contribution in [0.5, 0.6) is 0 Å². The van der Waals surface area contributed by atoms with Gasteiger partial charge >= 0.3 is 0 Å². The Labute approximate surface area is 94.8 Å². The van der Waals surface area contributed by atoms with Gasteiger partial charge < -0.3 is 5.73 Å². The summed E-state index contributed by atoms with van der Waals surface area (Å²) in [7, 11) is 0. The molecule has 0 bridgehead atoms. The van der Waals surface area contributed by atoms with E-state index in [1.54, 1.807) is 0 Å². The first kappa shape index (κ1) is 11.7. The van der Waals surface area contributed by atoms with Crippen molar-refractivity contribution in [3.05, 3.63) is 34.3 Å². The van der Waals surface area contributed by atoms with Gasteiger partial charge in [0.05, 0.1) is 0 Å². The smallest absolute Gasteiger partial charge is 0.0323 e. The van der Waals surface area contributed by atoms with Gasteiger partial charge in [-0.15, -0.1) is 0 Å². The topological polar surface area (TPSA) is 26.0 Å². The summed E-state index contributed by atoms with van der Waals surface area (Å²) in [6.45, 7) is 4.40. The molecule has 0 radical (unpaired) electrons. The molecule has 2 N–H and O–H groups in total. The molecule has 0 heterocycles. The maximum Gasteiger partial charge on any atom is 0.0323 e. The van der Waals surface area contributed by atoms with E-state index < -0.39 is 0 Å². The third-order valence-electron chi connectivity index (χ3n) is 2.79. The van der Waals surface area contributed by atoms with Crippen molar-refractivity contribution in [1.82, 2.24) is 0 Å². The van der Waals surface area contributed by atoms with Crippen LogP contribution in [0.25, 0.3) is 0 Å². The summed E-state index contributed by atoms with van der Waals surface area (Å²) in [5.41, 5.74) is 7.44. The van der Waals surface area contributed by atoms with Crippen molar-refractivity contribution < 1.29 is 0 Å². The predicted octanol–water partition coefficient (Wildman–Crippen LogP) is 3.89. The van der Waals surface area contributed by atoms with Gasteiger partial charge in [-0.2, -0.15) is 0 Å². The van der Waals surface area contributed by atoms with E-state index in [2.05, 4.69) is 41.9 Å². The molecule has 1 aromatic rings. The lowest BCUT2D eigenvalue weighted by Crippen LogP contribution is -2.20. The van der Waals surface area contributed by atoms with E-state index in [0.717, 1.165) is 17.3 Å². The zero-order chi connectivity index (χ0) is 10.6. The molecule has 0 saturated carbocycles. The van der Waals surface area contributed by atoms with Crippen LogP contribution < -0.4 is 5.73 Å². The molecule has 0 aliphatic carbocycles. The molecule has 78 valence electrons. The van der Waals surface area contributed by atoms with Gasteiger partial charge in [-0.05, 0) is 23.6 Å². The van der Waals surface area contributed by atoms with Crippen LogP contribution in [0.3, 0.4) is 0 Å². The van der Waals surface area contributed by atoms with Crippen LogP contribution >= 0.6 is 15.9 Å². The third kappa shape index (κ3) is 2.82. The number of hydrogen-bond acceptors (Lipinski definition) is 1. The van der Waals surface area contributed by atoms with E-state index in [9.17, 15) is 0 Å². The molecule has 0 saturated heterocycles. The lowest BCUT2D eigenvalue weighted by molar-refractivity contribution is 0.405. The number of nitrogens with two attached hydrogens (primary N) is 1. The van der Waals surface area contributed by atoms with Gasteiger partial charge in [0.25, 0.3) is 0 Å². The van der Waals surface area contributed by atoms with Gasteiger partial charge in [0.2, 0.25) is 0 Å².